The van der Waals surface area contributed by atoms with Gasteiger partial charge in [0.15, 0.2) is 9.84 Å². The maximum atomic E-state index is 11.4. The highest BCUT2D eigenvalue weighted by Gasteiger charge is 2.12. The van der Waals surface area contributed by atoms with Crippen molar-refractivity contribution in [2.75, 3.05) is 13.4 Å². The third-order valence-electron chi connectivity index (χ3n) is 4.36. The molecule has 0 spiro atoms. The van der Waals surface area contributed by atoms with E-state index in [-0.39, 0.29) is 5.75 Å². The van der Waals surface area contributed by atoms with E-state index < -0.39 is 9.84 Å². The highest BCUT2D eigenvalue weighted by atomic mass is 32.2. The van der Waals surface area contributed by atoms with Gasteiger partial charge in [-0.1, -0.05) is 35.5 Å². The number of methoxy groups -OCH3 is 1. The third kappa shape index (κ3) is 3.89. The molecule has 142 valence electrons. The first-order chi connectivity index (χ1) is 13.4. The molecule has 0 fully saturated rings. The zero-order valence-corrected chi connectivity index (χ0v) is 16.2. The van der Waals surface area contributed by atoms with E-state index in [9.17, 15) is 8.42 Å². The van der Waals surface area contributed by atoms with E-state index in [2.05, 4.69) is 10.1 Å². The van der Waals surface area contributed by atoms with Crippen LogP contribution < -0.4 is 4.74 Å². The molecule has 0 aliphatic heterocycles. The first kappa shape index (κ1) is 18.2. The van der Waals surface area contributed by atoms with E-state index in [1.807, 2.05) is 36.4 Å². The van der Waals surface area contributed by atoms with Gasteiger partial charge < -0.3 is 9.26 Å². The third-order valence-corrected chi connectivity index (χ3v) is 5.22. The Morgan fingerprint density at radius 3 is 2.32 bits per heavy atom. The lowest BCUT2D eigenvalue weighted by atomic mass is 10.1. The summed E-state index contributed by atoms with van der Waals surface area (Å²) in [4.78, 5) is 4.47. The molecule has 4 aromatic rings. The van der Waals surface area contributed by atoms with Gasteiger partial charge in [-0.3, -0.25) is 0 Å². The first-order valence-electron chi connectivity index (χ1n) is 8.60. The molecule has 6 nitrogen and oxygen atoms in total. The van der Waals surface area contributed by atoms with Gasteiger partial charge in [0.25, 0.3) is 5.89 Å². The molecule has 0 radical (unpaired) electrons. The van der Waals surface area contributed by atoms with Gasteiger partial charge >= 0.3 is 0 Å². The molecule has 3 aromatic carbocycles. The summed E-state index contributed by atoms with van der Waals surface area (Å²) in [7, 11) is -1.43. The Hall–Kier alpha value is -3.19. The largest absolute Gasteiger partial charge is 0.497 e. The number of ether oxygens (including phenoxy) is 1. The summed E-state index contributed by atoms with van der Waals surface area (Å²) in [6.45, 7) is 0. The standard InChI is InChI=1S/C21H18N2O4S/c1-26-19-10-9-16-11-18(8-7-17(16)12-19)20-22-21(27-23-20)15-5-3-14(4-6-15)13-28(2,24)25/h3-12H,13H2,1-2H3. The van der Waals surface area contributed by atoms with Crippen LogP contribution in [0.25, 0.3) is 33.6 Å². The van der Waals surface area contributed by atoms with Crippen LogP contribution >= 0.6 is 0 Å². The number of benzene rings is 3. The Bertz CT molecular complexity index is 1250. The van der Waals surface area contributed by atoms with E-state index in [1.165, 1.54) is 6.26 Å². The van der Waals surface area contributed by atoms with Gasteiger partial charge in [-0.25, -0.2) is 8.42 Å². The number of hydrogen-bond donors (Lipinski definition) is 0. The molecule has 1 heterocycles. The van der Waals surface area contributed by atoms with Crippen LogP contribution in [0.4, 0.5) is 0 Å². The van der Waals surface area contributed by atoms with Crippen LogP contribution in [-0.4, -0.2) is 31.9 Å². The number of rotatable bonds is 5. The Morgan fingerprint density at radius 2 is 1.61 bits per heavy atom. The SMILES string of the molecule is COc1ccc2cc(-c3noc(-c4ccc(CS(C)(=O)=O)cc4)n3)ccc2c1. The van der Waals surface area contributed by atoms with Crippen molar-refractivity contribution in [1.29, 1.82) is 0 Å². The van der Waals surface area contributed by atoms with Gasteiger partial charge in [0, 0.05) is 17.4 Å². The minimum absolute atomic E-state index is 0.00420. The minimum atomic E-state index is -3.07. The second kappa shape index (κ2) is 7.09. The molecule has 0 bridgehead atoms. The highest BCUT2D eigenvalue weighted by Crippen LogP contribution is 2.27. The maximum absolute atomic E-state index is 11.4. The zero-order valence-electron chi connectivity index (χ0n) is 15.4. The second-order valence-electron chi connectivity index (χ2n) is 6.62. The summed E-state index contributed by atoms with van der Waals surface area (Å²) in [6, 6.07) is 18.9. The predicted molar refractivity (Wildman–Crippen MR) is 108 cm³/mol. The summed E-state index contributed by atoms with van der Waals surface area (Å²) >= 11 is 0. The monoisotopic (exact) mass is 394 g/mol. The molecule has 0 atom stereocenters. The number of fused-ring (bicyclic) bond motifs is 1. The van der Waals surface area contributed by atoms with E-state index in [0.29, 0.717) is 11.7 Å². The van der Waals surface area contributed by atoms with Gasteiger partial charge in [0.05, 0.1) is 12.9 Å². The predicted octanol–water partition coefficient (Wildman–Crippen LogP) is 4.11. The molecule has 1 aromatic heterocycles. The molecule has 0 saturated carbocycles. The van der Waals surface area contributed by atoms with Gasteiger partial charge in [-0.05, 0) is 46.7 Å². The topological polar surface area (TPSA) is 82.3 Å². The average Bonchev–Trinajstić information content (AvgIpc) is 3.16. The van der Waals surface area contributed by atoms with Crippen molar-refractivity contribution in [3.8, 4) is 28.6 Å². The van der Waals surface area contributed by atoms with Crippen molar-refractivity contribution in [3.63, 3.8) is 0 Å². The van der Waals surface area contributed by atoms with Crippen molar-refractivity contribution in [2.24, 2.45) is 0 Å². The molecule has 28 heavy (non-hydrogen) atoms. The first-order valence-corrected chi connectivity index (χ1v) is 10.7. The van der Waals surface area contributed by atoms with Crippen LogP contribution in [0, 0.1) is 0 Å². The Morgan fingerprint density at radius 1 is 0.929 bits per heavy atom. The number of aromatic nitrogens is 2. The smallest absolute Gasteiger partial charge is 0.258 e. The summed E-state index contributed by atoms with van der Waals surface area (Å²) in [5.74, 6) is 1.69. The van der Waals surface area contributed by atoms with Crippen LogP contribution in [0.15, 0.2) is 65.2 Å². The van der Waals surface area contributed by atoms with Crippen molar-refractivity contribution in [1.82, 2.24) is 10.1 Å². The summed E-state index contributed by atoms with van der Waals surface area (Å²) < 4.78 is 33.4. The van der Waals surface area contributed by atoms with Crippen molar-refractivity contribution >= 4 is 20.6 Å². The van der Waals surface area contributed by atoms with E-state index in [4.69, 9.17) is 9.26 Å². The average molecular weight is 394 g/mol. The van der Waals surface area contributed by atoms with Crippen LogP contribution in [-0.2, 0) is 15.6 Å². The zero-order chi connectivity index (χ0) is 19.7. The Kier molecular flexibility index (Phi) is 4.60. The summed E-state index contributed by atoms with van der Waals surface area (Å²) in [5.41, 5.74) is 2.30. The number of hydrogen-bond acceptors (Lipinski definition) is 6. The van der Waals surface area contributed by atoms with Crippen LogP contribution in [0.1, 0.15) is 5.56 Å². The van der Waals surface area contributed by atoms with Gasteiger partial charge in [0.2, 0.25) is 5.82 Å². The quantitative estimate of drug-likeness (QED) is 0.507. The molecule has 0 unspecified atom stereocenters. The Balaban J connectivity index is 1.61. The van der Waals surface area contributed by atoms with Crippen molar-refractivity contribution in [2.45, 2.75) is 5.75 Å². The number of sulfone groups is 1. The van der Waals surface area contributed by atoms with Crippen LogP contribution in [0.2, 0.25) is 0 Å². The summed E-state index contributed by atoms with van der Waals surface area (Å²) in [6.07, 6.45) is 1.21. The van der Waals surface area contributed by atoms with E-state index >= 15 is 0 Å². The molecular weight excluding hydrogens is 376 g/mol. The second-order valence-corrected chi connectivity index (χ2v) is 8.76. The van der Waals surface area contributed by atoms with Gasteiger partial charge in [-0.2, -0.15) is 4.98 Å². The fourth-order valence-corrected chi connectivity index (χ4v) is 3.79. The van der Waals surface area contributed by atoms with Gasteiger partial charge in [0.1, 0.15) is 5.75 Å². The van der Waals surface area contributed by atoms with Crippen molar-refractivity contribution in [3.05, 3.63) is 66.2 Å². The van der Waals surface area contributed by atoms with E-state index in [1.54, 1.807) is 31.4 Å². The molecule has 4 rings (SSSR count). The van der Waals surface area contributed by atoms with Crippen molar-refractivity contribution < 1.29 is 17.7 Å². The molecule has 0 amide bonds. The lowest BCUT2D eigenvalue weighted by Gasteiger charge is -2.03. The van der Waals surface area contributed by atoms with Crippen LogP contribution in [0.3, 0.4) is 0 Å². The summed E-state index contributed by atoms with van der Waals surface area (Å²) in [5, 5.41) is 6.19. The molecule has 0 aliphatic rings. The lowest BCUT2D eigenvalue weighted by molar-refractivity contribution is 0.415. The fraction of sp³-hybridized carbons (Fsp3) is 0.143. The normalized spacial score (nSPS) is 11.6. The molecule has 0 saturated heterocycles. The fourth-order valence-electron chi connectivity index (χ4n) is 2.99. The van der Waals surface area contributed by atoms with Gasteiger partial charge in [-0.15, -0.1) is 0 Å². The van der Waals surface area contributed by atoms with Crippen LogP contribution in [0.5, 0.6) is 5.75 Å². The lowest BCUT2D eigenvalue weighted by Crippen LogP contribution is -2.00. The Labute approximate surface area is 162 Å². The molecule has 0 aliphatic carbocycles. The molecule has 0 N–H and O–H groups in total. The number of nitrogens with zero attached hydrogens (tertiary/aromatic N) is 2. The highest BCUT2D eigenvalue weighted by molar-refractivity contribution is 7.89. The molecular formula is C21H18N2O4S. The van der Waals surface area contributed by atoms with E-state index in [0.717, 1.165) is 33.2 Å². The maximum Gasteiger partial charge on any atom is 0.258 e. The molecule has 7 heteroatoms. The minimum Gasteiger partial charge on any atom is -0.497 e.